The molecule has 117 valence electrons. The molecule has 0 fully saturated rings. The summed E-state index contributed by atoms with van der Waals surface area (Å²) in [6.07, 6.45) is 30.3. The molecular weight excluding hydrogens is 256 g/mol. The minimum absolute atomic E-state index is 0.554. The third-order valence-corrected chi connectivity index (χ3v) is 3.11. The number of hydrogen-bond acceptors (Lipinski definition) is 1. The first-order chi connectivity index (χ1) is 10.4. The van der Waals surface area contributed by atoms with E-state index < -0.39 is 0 Å². The van der Waals surface area contributed by atoms with Gasteiger partial charge in [0.2, 0.25) is 0 Å². The maximum atomic E-state index is 9.99. The molecule has 0 bridgehead atoms. The highest BCUT2D eigenvalue weighted by Gasteiger charge is 1.82. The Morgan fingerprint density at radius 3 is 1.62 bits per heavy atom. The van der Waals surface area contributed by atoms with E-state index in [0.717, 1.165) is 32.1 Å². The Kier molecular flexibility index (Phi) is 17.4. The van der Waals surface area contributed by atoms with Gasteiger partial charge < -0.3 is 0 Å². The van der Waals surface area contributed by atoms with Crippen LogP contribution in [0.15, 0.2) is 48.6 Å². The van der Waals surface area contributed by atoms with Crippen LogP contribution < -0.4 is 0 Å². The first-order valence-electron chi connectivity index (χ1n) is 8.36. The molecule has 0 saturated carbocycles. The van der Waals surface area contributed by atoms with E-state index in [1.807, 2.05) is 6.29 Å². The zero-order chi connectivity index (χ0) is 15.4. The molecule has 0 atom stereocenters. The van der Waals surface area contributed by atoms with Crippen LogP contribution in [0.3, 0.4) is 0 Å². The van der Waals surface area contributed by atoms with Crippen LogP contribution in [0.25, 0.3) is 0 Å². The Morgan fingerprint density at radius 1 is 0.667 bits per heavy atom. The Morgan fingerprint density at radius 2 is 1.14 bits per heavy atom. The Hall–Kier alpha value is -1.37. The number of unbranched alkanes of at least 4 members (excludes halogenated alkanes) is 5. The van der Waals surface area contributed by atoms with Gasteiger partial charge in [-0.1, -0.05) is 68.4 Å². The van der Waals surface area contributed by atoms with E-state index in [9.17, 15) is 4.79 Å². The van der Waals surface area contributed by atoms with E-state index in [1.54, 1.807) is 0 Å². The van der Waals surface area contributed by atoms with Crippen LogP contribution in [0.4, 0.5) is 0 Å². The van der Waals surface area contributed by atoms with Crippen molar-refractivity contribution in [1.82, 2.24) is 0 Å². The van der Waals surface area contributed by atoms with E-state index >= 15 is 0 Å². The van der Waals surface area contributed by atoms with Crippen molar-refractivity contribution in [2.45, 2.75) is 71.1 Å². The van der Waals surface area contributed by atoms with Crippen molar-refractivity contribution in [2.75, 3.05) is 0 Å². The summed E-state index contributed by atoms with van der Waals surface area (Å²) in [6.45, 7) is 2.24. The average Bonchev–Trinajstić information content (AvgIpc) is 2.50. The van der Waals surface area contributed by atoms with Crippen LogP contribution in [0.1, 0.15) is 71.1 Å². The van der Waals surface area contributed by atoms with E-state index in [-0.39, 0.29) is 0 Å². The second-order valence-corrected chi connectivity index (χ2v) is 5.13. The van der Waals surface area contributed by atoms with Crippen LogP contribution >= 0.6 is 0 Å². The van der Waals surface area contributed by atoms with Crippen molar-refractivity contribution < 1.29 is 4.79 Å². The van der Waals surface area contributed by atoms with Gasteiger partial charge in [-0.2, -0.15) is 0 Å². The van der Waals surface area contributed by atoms with Gasteiger partial charge in [0.05, 0.1) is 0 Å². The molecule has 21 heavy (non-hydrogen) atoms. The first kappa shape index (κ1) is 19.6. The fourth-order valence-corrected chi connectivity index (χ4v) is 1.85. The van der Waals surface area contributed by atoms with Gasteiger partial charge in [0.25, 0.3) is 0 Å². The SMILES string of the molecule is CCCCCC=CCC=CCC=CC/C=C\CCC[C]=O. The third kappa shape index (κ3) is 18.6. The van der Waals surface area contributed by atoms with Crippen molar-refractivity contribution >= 4 is 6.29 Å². The topological polar surface area (TPSA) is 17.1 Å². The number of rotatable bonds is 14. The lowest BCUT2D eigenvalue weighted by Crippen LogP contribution is -1.73. The molecule has 0 aromatic rings. The van der Waals surface area contributed by atoms with Gasteiger partial charge in [-0.25, -0.2) is 0 Å². The molecule has 0 spiro atoms. The predicted octanol–water partition coefficient (Wildman–Crippen LogP) is 6.24. The summed E-state index contributed by atoms with van der Waals surface area (Å²) in [4.78, 5) is 9.99. The number of carbonyl (C=O) groups excluding carboxylic acids is 1. The Labute approximate surface area is 131 Å². The summed E-state index contributed by atoms with van der Waals surface area (Å²) in [7, 11) is 0. The number of allylic oxidation sites excluding steroid dienone is 8. The fraction of sp³-hybridized carbons (Fsp3) is 0.550. The van der Waals surface area contributed by atoms with Crippen molar-refractivity contribution in [3.8, 4) is 0 Å². The lowest BCUT2D eigenvalue weighted by Gasteiger charge is -1.90. The van der Waals surface area contributed by atoms with Gasteiger partial charge in [0.15, 0.2) is 6.29 Å². The highest BCUT2D eigenvalue weighted by molar-refractivity contribution is 5.50. The highest BCUT2D eigenvalue weighted by atomic mass is 16.1. The molecule has 1 radical (unpaired) electrons. The van der Waals surface area contributed by atoms with E-state index in [2.05, 4.69) is 55.5 Å². The van der Waals surface area contributed by atoms with Crippen molar-refractivity contribution in [2.24, 2.45) is 0 Å². The molecule has 0 rings (SSSR count). The predicted molar refractivity (Wildman–Crippen MR) is 94.1 cm³/mol. The molecule has 0 aromatic heterocycles. The number of hydrogen-bond donors (Lipinski definition) is 0. The molecule has 0 aliphatic carbocycles. The molecule has 0 amide bonds. The van der Waals surface area contributed by atoms with E-state index in [4.69, 9.17) is 0 Å². The van der Waals surface area contributed by atoms with Gasteiger partial charge in [-0.3, -0.25) is 4.79 Å². The minimum atomic E-state index is 0.554. The van der Waals surface area contributed by atoms with Gasteiger partial charge >= 0.3 is 0 Å². The van der Waals surface area contributed by atoms with Gasteiger partial charge in [0.1, 0.15) is 0 Å². The Balaban J connectivity index is 3.37. The summed E-state index contributed by atoms with van der Waals surface area (Å²) in [6, 6.07) is 0. The van der Waals surface area contributed by atoms with E-state index in [0.29, 0.717) is 6.42 Å². The second-order valence-electron chi connectivity index (χ2n) is 5.13. The highest BCUT2D eigenvalue weighted by Crippen LogP contribution is 2.01. The van der Waals surface area contributed by atoms with Gasteiger partial charge in [0, 0.05) is 6.42 Å². The largest absolute Gasteiger partial charge is 0.291 e. The molecule has 0 unspecified atom stereocenters. The fourth-order valence-electron chi connectivity index (χ4n) is 1.85. The van der Waals surface area contributed by atoms with Crippen molar-refractivity contribution in [3.05, 3.63) is 48.6 Å². The molecule has 0 aromatic carbocycles. The summed E-state index contributed by atoms with van der Waals surface area (Å²) < 4.78 is 0. The standard InChI is InChI=1S/C20H31O/c1-2-3-4-5-6-7-8-9-10-11-12-13-14-15-16-17-18-19-20-21/h6-7,9-10,12-13,15-16H,2-5,8,11,14,17-19H2,1H3/b7-6?,10-9?,13-12?,16-15-. The van der Waals surface area contributed by atoms with Crippen LogP contribution in [0.2, 0.25) is 0 Å². The zero-order valence-corrected chi connectivity index (χ0v) is 13.6. The lowest BCUT2D eigenvalue weighted by molar-refractivity contribution is 0.549. The molecule has 0 aliphatic rings. The average molecular weight is 287 g/mol. The summed E-state index contributed by atoms with van der Waals surface area (Å²) >= 11 is 0. The third-order valence-electron chi connectivity index (χ3n) is 3.11. The van der Waals surface area contributed by atoms with Gasteiger partial charge in [-0.05, 0) is 44.9 Å². The smallest absolute Gasteiger partial charge is 0.198 e. The summed E-state index contributed by atoms with van der Waals surface area (Å²) in [5.41, 5.74) is 0. The molecule has 0 saturated heterocycles. The van der Waals surface area contributed by atoms with Gasteiger partial charge in [-0.15, -0.1) is 0 Å². The van der Waals surface area contributed by atoms with Crippen LogP contribution in [0, 0.1) is 0 Å². The van der Waals surface area contributed by atoms with Crippen LogP contribution in [-0.4, -0.2) is 6.29 Å². The van der Waals surface area contributed by atoms with E-state index in [1.165, 1.54) is 25.7 Å². The first-order valence-corrected chi connectivity index (χ1v) is 8.36. The van der Waals surface area contributed by atoms with Crippen LogP contribution in [0.5, 0.6) is 0 Å². The lowest BCUT2D eigenvalue weighted by atomic mass is 10.2. The molecule has 0 N–H and O–H groups in total. The minimum Gasteiger partial charge on any atom is -0.291 e. The van der Waals surface area contributed by atoms with Crippen molar-refractivity contribution in [3.63, 3.8) is 0 Å². The second kappa shape index (κ2) is 18.6. The molecule has 0 heterocycles. The molecular formula is C20H31O. The molecule has 0 aliphatic heterocycles. The summed E-state index contributed by atoms with van der Waals surface area (Å²) in [5, 5.41) is 0. The molecule has 1 nitrogen and oxygen atoms in total. The maximum Gasteiger partial charge on any atom is 0.198 e. The normalized spacial score (nSPS) is 12.4. The Bertz CT molecular complexity index is 321. The summed E-state index contributed by atoms with van der Waals surface area (Å²) in [5.74, 6) is 0. The monoisotopic (exact) mass is 287 g/mol. The maximum absolute atomic E-state index is 9.99. The molecule has 1 heteroatoms. The zero-order valence-electron chi connectivity index (χ0n) is 13.6. The quantitative estimate of drug-likeness (QED) is 0.273. The van der Waals surface area contributed by atoms with Crippen molar-refractivity contribution in [1.29, 1.82) is 0 Å². The van der Waals surface area contributed by atoms with Crippen LogP contribution in [-0.2, 0) is 4.79 Å².